The van der Waals surface area contributed by atoms with Crippen molar-refractivity contribution in [2.45, 2.75) is 0 Å². The molecule has 0 aliphatic rings. The van der Waals surface area contributed by atoms with E-state index in [9.17, 15) is 4.79 Å². The van der Waals surface area contributed by atoms with Crippen molar-refractivity contribution >= 4 is 23.2 Å². The number of nitrogens with zero attached hydrogens (tertiary/aromatic N) is 2. The molecule has 0 aliphatic heterocycles. The maximum Gasteiger partial charge on any atom is 0.427 e. The van der Waals surface area contributed by atoms with Gasteiger partial charge in [0.15, 0.2) is 0 Å². The van der Waals surface area contributed by atoms with Crippen LogP contribution in [0, 0.1) is 0 Å². The molecule has 0 spiro atoms. The maximum absolute atomic E-state index is 10.8. The van der Waals surface area contributed by atoms with Crippen LogP contribution in [0.5, 0.6) is 0 Å². The molecule has 5 heteroatoms. The number of hydrazone groups is 1. The third-order valence-corrected chi connectivity index (χ3v) is 2.23. The van der Waals surface area contributed by atoms with Gasteiger partial charge in [-0.3, -0.25) is 4.98 Å². The van der Waals surface area contributed by atoms with Crippen LogP contribution < -0.4 is 5.43 Å². The predicted octanol–water partition coefficient (Wildman–Crippen LogP) is 1.92. The van der Waals surface area contributed by atoms with E-state index in [0.717, 1.165) is 16.5 Å². The highest BCUT2D eigenvalue weighted by Gasteiger charge is 1.98. The summed E-state index contributed by atoms with van der Waals surface area (Å²) in [6, 6.07) is 9.53. The molecule has 1 N–H and O–H groups in total. The number of para-hydroxylation sites is 1. The monoisotopic (exact) mass is 229 g/mol. The molecule has 0 bridgehead atoms. The first kappa shape index (κ1) is 11.1. The summed E-state index contributed by atoms with van der Waals surface area (Å²) in [4.78, 5) is 15.0. The van der Waals surface area contributed by atoms with E-state index in [0.29, 0.717) is 0 Å². The fraction of sp³-hybridized carbons (Fsp3) is 0.0833. The maximum atomic E-state index is 10.8. The molecule has 2 aromatic rings. The smallest absolute Gasteiger partial charge is 0.427 e. The Hall–Kier alpha value is -2.43. The zero-order chi connectivity index (χ0) is 12.1. The normalized spacial score (nSPS) is 10.6. The average molecular weight is 229 g/mol. The van der Waals surface area contributed by atoms with Crippen LogP contribution in [0.25, 0.3) is 10.9 Å². The van der Waals surface area contributed by atoms with Gasteiger partial charge in [-0.1, -0.05) is 18.2 Å². The van der Waals surface area contributed by atoms with Crippen molar-refractivity contribution < 1.29 is 9.53 Å². The predicted molar refractivity (Wildman–Crippen MR) is 64.9 cm³/mol. The molecule has 0 aliphatic carbocycles. The number of aromatic nitrogens is 1. The van der Waals surface area contributed by atoms with Gasteiger partial charge >= 0.3 is 6.09 Å². The van der Waals surface area contributed by atoms with Gasteiger partial charge in [0, 0.05) is 17.1 Å². The first-order valence-corrected chi connectivity index (χ1v) is 5.02. The van der Waals surface area contributed by atoms with Crippen LogP contribution in [-0.4, -0.2) is 24.4 Å². The second kappa shape index (κ2) is 5.07. The van der Waals surface area contributed by atoms with E-state index < -0.39 is 6.09 Å². The summed E-state index contributed by atoms with van der Waals surface area (Å²) in [6.07, 6.45) is 2.66. The van der Waals surface area contributed by atoms with Gasteiger partial charge in [-0.2, -0.15) is 5.10 Å². The second-order valence-electron chi connectivity index (χ2n) is 3.28. The van der Waals surface area contributed by atoms with Crippen LogP contribution in [-0.2, 0) is 4.74 Å². The van der Waals surface area contributed by atoms with Crippen LogP contribution >= 0.6 is 0 Å². The zero-order valence-electron chi connectivity index (χ0n) is 9.25. The molecule has 86 valence electrons. The molecular weight excluding hydrogens is 218 g/mol. The average Bonchev–Trinajstić information content (AvgIpc) is 2.39. The lowest BCUT2D eigenvalue weighted by Gasteiger charge is -2.00. The molecule has 0 saturated heterocycles. The molecule has 1 heterocycles. The molecule has 1 aromatic carbocycles. The molecule has 0 radical (unpaired) electrons. The number of hydrogen-bond acceptors (Lipinski definition) is 4. The van der Waals surface area contributed by atoms with E-state index >= 15 is 0 Å². The Labute approximate surface area is 98.1 Å². The molecule has 1 amide bonds. The van der Waals surface area contributed by atoms with Gasteiger partial charge in [0.2, 0.25) is 0 Å². The highest BCUT2D eigenvalue weighted by atomic mass is 16.5. The SMILES string of the molecule is COC(=O)NN=Cc1ccnc2ccccc12. The number of nitrogens with one attached hydrogen (secondary N) is 1. The Morgan fingerprint density at radius 1 is 1.41 bits per heavy atom. The number of rotatable bonds is 2. The molecule has 0 unspecified atom stereocenters. The number of carbonyl (C=O) groups excluding carboxylic acids is 1. The Balaban J connectivity index is 2.27. The van der Waals surface area contributed by atoms with Gasteiger partial charge in [-0.25, -0.2) is 10.2 Å². The number of ether oxygens (including phenoxy) is 1. The van der Waals surface area contributed by atoms with Crippen LogP contribution in [0.15, 0.2) is 41.6 Å². The van der Waals surface area contributed by atoms with Gasteiger partial charge in [0.1, 0.15) is 0 Å². The van der Waals surface area contributed by atoms with Gasteiger partial charge in [0.05, 0.1) is 18.8 Å². The molecule has 2 rings (SSSR count). The molecular formula is C12H11N3O2. The molecule has 0 saturated carbocycles. The quantitative estimate of drug-likeness (QED) is 0.632. The van der Waals surface area contributed by atoms with Crippen molar-refractivity contribution in [3.05, 3.63) is 42.1 Å². The minimum absolute atomic E-state index is 0.598. The summed E-state index contributed by atoms with van der Waals surface area (Å²) >= 11 is 0. The number of fused-ring (bicyclic) bond motifs is 1. The van der Waals surface area contributed by atoms with Crippen LogP contribution in [0.3, 0.4) is 0 Å². The lowest BCUT2D eigenvalue weighted by atomic mass is 10.1. The molecule has 17 heavy (non-hydrogen) atoms. The molecule has 0 atom stereocenters. The Morgan fingerprint density at radius 2 is 2.24 bits per heavy atom. The Kier molecular flexibility index (Phi) is 3.30. The lowest BCUT2D eigenvalue weighted by Crippen LogP contribution is -2.16. The highest BCUT2D eigenvalue weighted by molar-refractivity contribution is 5.98. The van der Waals surface area contributed by atoms with Crippen molar-refractivity contribution in [3.8, 4) is 0 Å². The van der Waals surface area contributed by atoms with Crippen molar-refractivity contribution in [2.75, 3.05) is 7.11 Å². The third kappa shape index (κ3) is 2.57. The van der Waals surface area contributed by atoms with Crippen LogP contribution in [0.4, 0.5) is 4.79 Å². The number of benzene rings is 1. The summed E-state index contributed by atoms with van der Waals surface area (Å²) in [5.41, 5.74) is 4.00. The van der Waals surface area contributed by atoms with E-state index in [1.54, 1.807) is 12.4 Å². The van der Waals surface area contributed by atoms with E-state index in [4.69, 9.17) is 0 Å². The zero-order valence-corrected chi connectivity index (χ0v) is 9.25. The lowest BCUT2D eigenvalue weighted by molar-refractivity contribution is 0.171. The summed E-state index contributed by atoms with van der Waals surface area (Å²) < 4.78 is 4.40. The summed E-state index contributed by atoms with van der Waals surface area (Å²) in [7, 11) is 1.28. The van der Waals surface area contributed by atoms with Gasteiger partial charge in [-0.15, -0.1) is 0 Å². The van der Waals surface area contributed by atoms with Crippen molar-refractivity contribution in [2.24, 2.45) is 5.10 Å². The van der Waals surface area contributed by atoms with Crippen LogP contribution in [0.2, 0.25) is 0 Å². The fourth-order valence-electron chi connectivity index (χ4n) is 1.43. The van der Waals surface area contributed by atoms with Gasteiger partial charge < -0.3 is 4.74 Å². The van der Waals surface area contributed by atoms with Crippen molar-refractivity contribution in [3.63, 3.8) is 0 Å². The largest absolute Gasteiger partial charge is 0.452 e. The first-order chi connectivity index (χ1) is 8.31. The van der Waals surface area contributed by atoms with E-state index in [1.807, 2.05) is 30.3 Å². The number of amides is 1. The van der Waals surface area contributed by atoms with Gasteiger partial charge in [0.25, 0.3) is 0 Å². The number of carbonyl (C=O) groups is 1. The minimum Gasteiger partial charge on any atom is -0.452 e. The third-order valence-electron chi connectivity index (χ3n) is 2.23. The van der Waals surface area contributed by atoms with Crippen molar-refractivity contribution in [1.29, 1.82) is 0 Å². The summed E-state index contributed by atoms with van der Waals surface area (Å²) in [5.74, 6) is 0. The summed E-state index contributed by atoms with van der Waals surface area (Å²) in [5, 5.41) is 4.76. The molecule has 1 aromatic heterocycles. The topological polar surface area (TPSA) is 63.6 Å². The number of hydrogen-bond donors (Lipinski definition) is 1. The van der Waals surface area contributed by atoms with Crippen molar-refractivity contribution in [1.82, 2.24) is 10.4 Å². The van der Waals surface area contributed by atoms with E-state index in [1.165, 1.54) is 7.11 Å². The number of methoxy groups -OCH3 is 1. The Morgan fingerprint density at radius 3 is 3.06 bits per heavy atom. The molecule has 0 fully saturated rings. The first-order valence-electron chi connectivity index (χ1n) is 5.02. The number of pyridine rings is 1. The van der Waals surface area contributed by atoms with Gasteiger partial charge in [-0.05, 0) is 12.1 Å². The van der Waals surface area contributed by atoms with E-state index in [2.05, 4.69) is 20.2 Å². The summed E-state index contributed by atoms with van der Waals surface area (Å²) in [6.45, 7) is 0. The van der Waals surface area contributed by atoms with Crippen LogP contribution in [0.1, 0.15) is 5.56 Å². The fourth-order valence-corrected chi connectivity index (χ4v) is 1.43. The Bertz CT molecular complexity index is 561. The standard InChI is InChI=1S/C12H11N3O2/c1-17-12(16)15-14-8-9-6-7-13-11-5-3-2-4-10(9)11/h2-8H,1H3,(H,15,16). The van der Waals surface area contributed by atoms with E-state index in [-0.39, 0.29) is 0 Å². The minimum atomic E-state index is -0.598. The highest BCUT2D eigenvalue weighted by Crippen LogP contribution is 2.13. The second-order valence-corrected chi connectivity index (χ2v) is 3.28. The molecule has 5 nitrogen and oxygen atoms in total.